The average molecular weight is 175 g/mol. The van der Waals surface area contributed by atoms with Crippen molar-refractivity contribution in [1.82, 2.24) is 5.32 Å². The van der Waals surface area contributed by atoms with Crippen molar-refractivity contribution in [2.24, 2.45) is 0 Å². The number of hydrogen-bond donors (Lipinski definition) is 1. The summed E-state index contributed by atoms with van der Waals surface area (Å²) < 4.78 is 0. The molecule has 2 nitrogen and oxygen atoms in total. The topological polar surface area (TPSA) is 29.1 Å². The highest BCUT2D eigenvalue weighted by Crippen LogP contribution is 2.10. The zero-order chi connectivity index (χ0) is 9.84. The van der Waals surface area contributed by atoms with Crippen molar-refractivity contribution >= 4 is 5.91 Å². The molecular weight excluding hydrogens is 162 g/mol. The Morgan fingerprint density at radius 1 is 1.38 bits per heavy atom. The fourth-order valence-corrected chi connectivity index (χ4v) is 1.000. The van der Waals surface area contributed by atoms with Gasteiger partial charge in [0.1, 0.15) is 0 Å². The molecule has 0 saturated heterocycles. The van der Waals surface area contributed by atoms with Crippen LogP contribution in [0, 0.1) is 12.1 Å². The summed E-state index contributed by atoms with van der Waals surface area (Å²) in [7, 11) is 1.60. The number of rotatable bonds is 2. The molecule has 0 unspecified atom stereocenters. The smallest absolute Gasteiger partial charge is 0.259 e. The molecule has 0 spiro atoms. The Morgan fingerprint density at radius 3 is 2.46 bits per heavy atom. The quantitative estimate of drug-likeness (QED) is 0.729. The average Bonchev–Trinajstić information content (AvgIpc) is 2.17. The molecule has 1 rings (SSSR count). The molecule has 1 amide bonds. The molecule has 0 atom stereocenters. The largest absolute Gasteiger partial charge is 0.355 e. The van der Waals surface area contributed by atoms with E-state index in [0.717, 1.165) is 5.56 Å². The van der Waals surface area contributed by atoms with Gasteiger partial charge in [-0.15, -0.1) is 0 Å². The lowest BCUT2D eigenvalue weighted by Crippen LogP contribution is -2.17. The lowest BCUT2D eigenvalue weighted by atomic mass is 10.0. The summed E-state index contributed by atoms with van der Waals surface area (Å²) >= 11 is 0. The van der Waals surface area contributed by atoms with Gasteiger partial charge >= 0.3 is 0 Å². The Kier molecular flexibility index (Phi) is 2.92. The molecule has 0 fully saturated rings. The van der Waals surface area contributed by atoms with E-state index >= 15 is 0 Å². The Labute approximate surface area is 79.0 Å². The van der Waals surface area contributed by atoms with Gasteiger partial charge in [-0.2, -0.15) is 0 Å². The summed E-state index contributed by atoms with van der Waals surface area (Å²) in [4.78, 5) is 11.1. The van der Waals surface area contributed by atoms with Crippen LogP contribution in [0.1, 0.15) is 35.7 Å². The molecule has 1 N–H and O–H groups in total. The highest BCUT2D eigenvalue weighted by atomic mass is 16.1. The van der Waals surface area contributed by atoms with Crippen LogP contribution in [-0.2, 0) is 0 Å². The summed E-state index contributed by atoms with van der Waals surface area (Å²) in [6, 6.07) is 9.47. The first kappa shape index (κ1) is 9.60. The van der Waals surface area contributed by atoms with Gasteiger partial charge in [-0.05, 0) is 18.1 Å². The van der Waals surface area contributed by atoms with E-state index in [2.05, 4.69) is 31.3 Å². The second-order valence-corrected chi connectivity index (χ2v) is 3.19. The number of amides is 1. The molecule has 0 aromatic heterocycles. The van der Waals surface area contributed by atoms with Gasteiger partial charge in [-0.3, -0.25) is 4.79 Å². The third-order valence-corrected chi connectivity index (χ3v) is 1.86. The van der Waals surface area contributed by atoms with Gasteiger partial charge in [0, 0.05) is 12.6 Å². The second kappa shape index (κ2) is 3.95. The van der Waals surface area contributed by atoms with Gasteiger partial charge in [0.15, 0.2) is 0 Å². The molecule has 68 valence electrons. The summed E-state index contributed by atoms with van der Waals surface area (Å²) in [5, 5.41) is 2.54. The Hall–Kier alpha value is -1.49. The number of carbonyl (C=O) groups excluding carboxylic acids is 1. The third-order valence-electron chi connectivity index (χ3n) is 1.86. The van der Waals surface area contributed by atoms with Crippen LogP contribution in [0.25, 0.3) is 0 Å². The summed E-state index contributed by atoms with van der Waals surface area (Å²) in [6.07, 6.45) is 0. The van der Waals surface area contributed by atoms with E-state index in [4.69, 9.17) is 0 Å². The monoisotopic (exact) mass is 175 g/mol. The van der Waals surface area contributed by atoms with Crippen LogP contribution in [0.4, 0.5) is 0 Å². The fourth-order valence-electron chi connectivity index (χ4n) is 1.000. The first-order chi connectivity index (χ1) is 6.15. The maximum Gasteiger partial charge on any atom is 0.259 e. The molecule has 0 aliphatic heterocycles. The van der Waals surface area contributed by atoms with E-state index in [0.29, 0.717) is 11.5 Å². The van der Waals surface area contributed by atoms with E-state index in [9.17, 15) is 4.79 Å². The van der Waals surface area contributed by atoms with Crippen LogP contribution in [0.15, 0.2) is 12.1 Å². The zero-order valence-corrected chi connectivity index (χ0v) is 8.14. The maximum atomic E-state index is 11.1. The van der Waals surface area contributed by atoms with Gasteiger partial charge in [0.2, 0.25) is 0 Å². The van der Waals surface area contributed by atoms with Crippen LogP contribution in [0.3, 0.4) is 0 Å². The van der Waals surface area contributed by atoms with Crippen molar-refractivity contribution in [3.63, 3.8) is 0 Å². The molecule has 0 bridgehead atoms. The van der Waals surface area contributed by atoms with Crippen LogP contribution in [-0.4, -0.2) is 13.0 Å². The van der Waals surface area contributed by atoms with Crippen molar-refractivity contribution in [3.05, 3.63) is 35.4 Å². The standard InChI is InChI=1S/C11H13NO/c1-8(2)9-4-6-10(7-5-9)11(13)12-3/h4,6,8H,1-3H3,(H,12,13). The van der Waals surface area contributed by atoms with E-state index in [1.807, 2.05) is 6.07 Å². The molecule has 0 saturated carbocycles. The first-order valence-corrected chi connectivity index (χ1v) is 4.31. The van der Waals surface area contributed by atoms with Crippen LogP contribution in [0.2, 0.25) is 0 Å². The number of hydrogen-bond acceptors (Lipinski definition) is 1. The Morgan fingerprint density at radius 2 is 2.08 bits per heavy atom. The van der Waals surface area contributed by atoms with Crippen molar-refractivity contribution in [2.75, 3.05) is 7.05 Å². The van der Waals surface area contributed by atoms with Gasteiger partial charge in [0.05, 0.1) is 5.56 Å². The Bertz CT molecular complexity index is 287. The molecule has 0 aliphatic carbocycles. The summed E-state index contributed by atoms with van der Waals surface area (Å²) in [5.41, 5.74) is 1.61. The van der Waals surface area contributed by atoms with Crippen LogP contribution >= 0.6 is 0 Å². The highest BCUT2D eigenvalue weighted by Gasteiger charge is 2.02. The van der Waals surface area contributed by atoms with Crippen molar-refractivity contribution in [2.45, 2.75) is 19.8 Å². The van der Waals surface area contributed by atoms with E-state index in [1.54, 1.807) is 13.1 Å². The minimum Gasteiger partial charge on any atom is -0.355 e. The minimum atomic E-state index is -0.119. The number of nitrogens with one attached hydrogen (secondary N) is 1. The van der Waals surface area contributed by atoms with Crippen molar-refractivity contribution < 1.29 is 4.79 Å². The van der Waals surface area contributed by atoms with Crippen molar-refractivity contribution in [3.8, 4) is 0 Å². The van der Waals surface area contributed by atoms with E-state index < -0.39 is 0 Å². The van der Waals surface area contributed by atoms with Crippen LogP contribution in [0.5, 0.6) is 0 Å². The molecule has 1 aromatic carbocycles. The van der Waals surface area contributed by atoms with Gasteiger partial charge < -0.3 is 5.32 Å². The van der Waals surface area contributed by atoms with E-state index in [1.165, 1.54) is 0 Å². The second-order valence-electron chi connectivity index (χ2n) is 3.19. The van der Waals surface area contributed by atoms with Crippen LogP contribution < -0.4 is 5.32 Å². The molecule has 1 aromatic rings. The normalized spacial score (nSPS) is 9.54. The fraction of sp³-hybridized carbons (Fsp3) is 0.364. The minimum absolute atomic E-state index is 0.119. The van der Waals surface area contributed by atoms with E-state index in [-0.39, 0.29) is 5.91 Å². The van der Waals surface area contributed by atoms with Gasteiger partial charge in [-0.25, -0.2) is 0 Å². The summed E-state index contributed by atoms with van der Waals surface area (Å²) in [6.45, 7) is 4.17. The molecule has 0 aliphatic rings. The molecule has 0 heterocycles. The first-order valence-electron chi connectivity index (χ1n) is 4.31. The van der Waals surface area contributed by atoms with Gasteiger partial charge in [-0.1, -0.05) is 26.0 Å². The highest BCUT2D eigenvalue weighted by molar-refractivity contribution is 5.93. The summed E-state index contributed by atoms with van der Waals surface area (Å²) in [5.74, 6) is 0.307. The predicted molar refractivity (Wildman–Crippen MR) is 51.6 cm³/mol. The molecule has 13 heavy (non-hydrogen) atoms. The predicted octanol–water partition coefficient (Wildman–Crippen LogP) is 1.77. The van der Waals surface area contributed by atoms with Gasteiger partial charge in [0.25, 0.3) is 5.91 Å². The molecule has 2 heteroatoms. The lowest BCUT2D eigenvalue weighted by molar-refractivity contribution is 0.0963. The maximum absolute atomic E-state index is 11.1. The molecular formula is C11H13NO. The number of carbonyl (C=O) groups is 1. The van der Waals surface area contributed by atoms with Crippen molar-refractivity contribution in [1.29, 1.82) is 0 Å². The Balaban J connectivity index is 2.87. The molecule has 0 radical (unpaired) electrons. The third kappa shape index (κ3) is 2.22. The SMILES string of the molecule is CNC(=O)c1c#cc(C(C)C)cc1. The lowest BCUT2D eigenvalue weighted by Gasteiger charge is -2.01. The zero-order valence-electron chi connectivity index (χ0n) is 8.14.